The summed E-state index contributed by atoms with van der Waals surface area (Å²) in [6, 6.07) is 14.8. The standard InChI is InChI=1S/C24H22ClN3O4S/c25-18-9-3-1-6-15(18)12-26-20(29)14-33-24-27-21-17-8-2-4-10-19(17)32-22(21)23(30)28(24)13-16-7-5-11-31-16/h1-4,6,8-10,16H,5,7,11-14H2,(H,26,29)/t16-/m1/s1. The minimum atomic E-state index is -0.259. The van der Waals surface area contributed by atoms with Gasteiger partial charge in [-0.25, -0.2) is 4.98 Å². The minimum Gasteiger partial charge on any atom is -0.448 e. The summed E-state index contributed by atoms with van der Waals surface area (Å²) in [6.45, 7) is 1.40. The lowest BCUT2D eigenvalue weighted by atomic mass is 10.2. The van der Waals surface area contributed by atoms with E-state index in [0.29, 0.717) is 41.0 Å². The second-order valence-corrected chi connectivity index (χ2v) is 9.23. The smallest absolute Gasteiger partial charge is 0.297 e. The van der Waals surface area contributed by atoms with Crippen molar-refractivity contribution in [1.82, 2.24) is 14.9 Å². The van der Waals surface area contributed by atoms with Crippen LogP contribution in [-0.4, -0.2) is 33.9 Å². The summed E-state index contributed by atoms with van der Waals surface area (Å²) in [7, 11) is 0. The van der Waals surface area contributed by atoms with Gasteiger partial charge in [-0.05, 0) is 36.6 Å². The van der Waals surface area contributed by atoms with Crippen LogP contribution in [0.25, 0.3) is 22.1 Å². The number of halogens is 1. The van der Waals surface area contributed by atoms with Gasteiger partial charge in [-0.3, -0.25) is 14.2 Å². The molecule has 5 rings (SSSR count). The largest absolute Gasteiger partial charge is 0.448 e. The minimum absolute atomic E-state index is 0.0558. The number of rotatable bonds is 7. The monoisotopic (exact) mass is 483 g/mol. The molecule has 4 aromatic rings. The number of aromatic nitrogens is 2. The van der Waals surface area contributed by atoms with Crippen molar-refractivity contribution in [2.24, 2.45) is 0 Å². The summed E-state index contributed by atoms with van der Waals surface area (Å²) in [5.41, 5.74) is 1.93. The molecule has 170 valence electrons. The second-order valence-electron chi connectivity index (χ2n) is 7.88. The van der Waals surface area contributed by atoms with Gasteiger partial charge in [0.05, 0.1) is 18.4 Å². The fourth-order valence-electron chi connectivity index (χ4n) is 3.93. The van der Waals surface area contributed by atoms with Crippen LogP contribution in [0.15, 0.2) is 62.9 Å². The number of nitrogens with one attached hydrogen (secondary N) is 1. The van der Waals surface area contributed by atoms with Gasteiger partial charge < -0.3 is 14.5 Å². The predicted molar refractivity (Wildman–Crippen MR) is 129 cm³/mol. The highest BCUT2D eigenvalue weighted by molar-refractivity contribution is 7.99. The normalized spacial score (nSPS) is 16.0. The molecule has 1 aliphatic heterocycles. The van der Waals surface area contributed by atoms with Crippen LogP contribution < -0.4 is 10.9 Å². The molecule has 1 aliphatic rings. The maximum absolute atomic E-state index is 13.3. The molecular weight excluding hydrogens is 462 g/mol. The molecule has 0 spiro atoms. The van der Waals surface area contributed by atoms with Crippen LogP contribution in [0.5, 0.6) is 0 Å². The van der Waals surface area contributed by atoms with Crippen LogP contribution in [0.2, 0.25) is 5.02 Å². The van der Waals surface area contributed by atoms with Crippen LogP contribution in [-0.2, 0) is 22.6 Å². The molecule has 3 heterocycles. The molecule has 2 aromatic heterocycles. The van der Waals surface area contributed by atoms with Crippen molar-refractivity contribution >= 4 is 51.3 Å². The number of fused-ring (bicyclic) bond motifs is 3. The molecular formula is C24H22ClN3O4S. The van der Waals surface area contributed by atoms with Crippen LogP contribution in [0.4, 0.5) is 0 Å². The topological polar surface area (TPSA) is 86.4 Å². The third kappa shape index (κ3) is 4.64. The third-order valence-electron chi connectivity index (χ3n) is 5.62. The first-order valence-electron chi connectivity index (χ1n) is 10.8. The number of hydrogen-bond acceptors (Lipinski definition) is 6. The molecule has 1 amide bonds. The Morgan fingerprint density at radius 3 is 2.85 bits per heavy atom. The molecule has 0 bridgehead atoms. The zero-order valence-corrected chi connectivity index (χ0v) is 19.3. The zero-order chi connectivity index (χ0) is 22.8. The van der Waals surface area contributed by atoms with E-state index in [-0.39, 0.29) is 28.9 Å². The van der Waals surface area contributed by atoms with E-state index in [0.717, 1.165) is 23.8 Å². The van der Waals surface area contributed by atoms with E-state index >= 15 is 0 Å². The molecule has 0 unspecified atom stereocenters. The molecule has 0 radical (unpaired) electrons. The SMILES string of the molecule is O=C(CSc1nc2c(oc3ccccc32)c(=O)n1C[C@H]1CCCO1)NCc1ccccc1Cl. The van der Waals surface area contributed by atoms with E-state index in [9.17, 15) is 9.59 Å². The molecule has 1 atom stereocenters. The van der Waals surface area contributed by atoms with Gasteiger partial charge in [0.15, 0.2) is 5.16 Å². The van der Waals surface area contributed by atoms with Gasteiger partial charge in [-0.15, -0.1) is 0 Å². The van der Waals surface area contributed by atoms with Gasteiger partial charge in [0.2, 0.25) is 11.5 Å². The van der Waals surface area contributed by atoms with Crippen molar-refractivity contribution in [2.45, 2.75) is 37.2 Å². The van der Waals surface area contributed by atoms with Gasteiger partial charge >= 0.3 is 0 Å². The van der Waals surface area contributed by atoms with Gasteiger partial charge in [-0.2, -0.15) is 0 Å². The fraction of sp³-hybridized carbons (Fsp3) is 0.292. The van der Waals surface area contributed by atoms with Crippen LogP contribution >= 0.6 is 23.4 Å². The molecule has 0 aliphatic carbocycles. The molecule has 9 heteroatoms. The van der Waals surface area contributed by atoms with Crippen LogP contribution in [0.3, 0.4) is 0 Å². The zero-order valence-electron chi connectivity index (χ0n) is 17.8. The molecule has 33 heavy (non-hydrogen) atoms. The second kappa shape index (κ2) is 9.59. The Kier molecular flexibility index (Phi) is 6.39. The van der Waals surface area contributed by atoms with E-state index in [1.807, 2.05) is 42.5 Å². The Morgan fingerprint density at radius 1 is 1.21 bits per heavy atom. The first-order valence-corrected chi connectivity index (χ1v) is 12.1. The summed E-state index contributed by atoms with van der Waals surface area (Å²) in [5.74, 6) is -0.0565. The molecule has 1 saturated heterocycles. The number of carbonyl (C=O) groups is 1. The maximum Gasteiger partial charge on any atom is 0.297 e. The fourth-order valence-corrected chi connectivity index (χ4v) is 4.97. The third-order valence-corrected chi connectivity index (χ3v) is 6.97. The summed E-state index contributed by atoms with van der Waals surface area (Å²) >= 11 is 7.40. The lowest BCUT2D eigenvalue weighted by molar-refractivity contribution is -0.118. The molecule has 1 fully saturated rings. The summed E-state index contributed by atoms with van der Waals surface area (Å²) in [5, 5.41) is 4.73. The van der Waals surface area contributed by atoms with Gasteiger partial charge in [0, 0.05) is 23.6 Å². The molecule has 7 nitrogen and oxygen atoms in total. The highest BCUT2D eigenvalue weighted by atomic mass is 35.5. The van der Waals surface area contributed by atoms with Crippen molar-refractivity contribution in [3.8, 4) is 0 Å². The van der Waals surface area contributed by atoms with Crippen molar-refractivity contribution in [1.29, 1.82) is 0 Å². The van der Waals surface area contributed by atoms with E-state index < -0.39 is 0 Å². The maximum atomic E-state index is 13.3. The Balaban J connectivity index is 1.41. The predicted octanol–water partition coefficient (Wildman–Crippen LogP) is 4.38. The highest BCUT2D eigenvalue weighted by Crippen LogP contribution is 2.28. The van der Waals surface area contributed by atoms with Crippen molar-refractivity contribution in [3.05, 3.63) is 69.5 Å². The van der Waals surface area contributed by atoms with Crippen molar-refractivity contribution in [3.63, 3.8) is 0 Å². The van der Waals surface area contributed by atoms with E-state index in [2.05, 4.69) is 5.32 Å². The average molecular weight is 484 g/mol. The quantitative estimate of drug-likeness (QED) is 0.310. The van der Waals surface area contributed by atoms with E-state index in [1.54, 1.807) is 10.6 Å². The van der Waals surface area contributed by atoms with Crippen LogP contribution in [0.1, 0.15) is 18.4 Å². The van der Waals surface area contributed by atoms with Gasteiger partial charge in [0.1, 0.15) is 11.1 Å². The number of ether oxygens (including phenoxy) is 1. The van der Waals surface area contributed by atoms with E-state index in [4.69, 9.17) is 25.7 Å². The van der Waals surface area contributed by atoms with Crippen molar-refractivity contribution < 1.29 is 13.9 Å². The lowest BCUT2D eigenvalue weighted by Crippen LogP contribution is -2.29. The first-order chi connectivity index (χ1) is 16.1. The number of thioether (sulfide) groups is 1. The van der Waals surface area contributed by atoms with Gasteiger partial charge in [0.25, 0.3) is 5.56 Å². The van der Waals surface area contributed by atoms with Crippen LogP contribution in [0, 0.1) is 0 Å². The Labute approximate surface area is 199 Å². The van der Waals surface area contributed by atoms with Crippen molar-refractivity contribution in [2.75, 3.05) is 12.4 Å². The number of para-hydroxylation sites is 1. The number of hydrogen-bond donors (Lipinski definition) is 1. The Bertz CT molecular complexity index is 1380. The van der Waals surface area contributed by atoms with Gasteiger partial charge in [-0.1, -0.05) is 53.7 Å². The number of furan rings is 1. The number of amides is 1. The lowest BCUT2D eigenvalue weighted by Gasteiger charge is -2.15. The first kappa shape index (κ1) is 22.0. The highest BCUT2D eigenvalue weighted by Gasteiger charge is 2.23. The number of benzene rings is 2. The Morgan fingerprint density at radius 2 is 2.03 bits per heavy atom. The molecule has 0 saturated carbocycles. The molecule has 2 aromatic carbocycles. The summed E-state index contributed by atoms with van der Waals surface area (Å²) in [6.07, 6.45) is 1.79. The summed E-state index contributed by atoms with van der Waals surface area (Å²) < 4.78 is 13.1. The molecule has 1 N–H and O–H groups in total. The number of nitrogens with zero attached hydrogens (tertiary/aromatic N) is 2. The number of carbonyl (C=O) groups excluding carboxylic acids is 1. The average Bonchev–Trinajstić information content (AvgIpc) is 3.47. The Hall–Kier alpha value is -2.81. The van der Waals surface area contributed by atoms with E-state index in [1.165, 1.54) is 11.8 Å². The summed E-state index contributed by atoms with van der Waals surface area (Å²) in [4.78, 5) is 30.6.